The van der Waals surface area contributed by atoms with Crippen LogP contribution >= 0.6 is 0 Å². The van der Waals surface area contributed by atoms with E-state index in [1.165, 1.54) is 12.4 Å². The molecule has 0 saturated carbocycles. The van der Waals surface area contributed by atoms with Crippen LogP contribution in [0.4, 0.5) is 11.6 Å². The minimum absolute atomic E-state index is 0.233. The van der Waals surface area contributed by atoms with Crippen LogP contribution in [0, 0.1) is 6.92 Å². The number of ether oxygens (including phenoxy) is 1. The van der Waals surface area contributed by atoms with E-state index in [1.807, 2.05) is 55.5 Å². The summed E-state index contributed by atoms with van der Waals surface area (Å²) in [5.41, 5.74) is 3.41. The van der Waals surface area contributed by atoms with Crippen LogP contribution in [-0.2, 0) is 6.42 Å². The summed E-state index contributed by atoms with van der Waals surface area (Å²) in [4.78, 5) is 20.7. The fourth-order valence-electron chi connectivity index (χ4n) is 2.61. The predicted octanol–water partition coefficient (Wildman–Crippen LogP) is 3.70. The highest BCUT2D eigenvalue weighted by Gasteiger charge is 2.08. The number of rotatable bonds is 7. The zero-order valence-electron chi connectivity index (χ0n) is 15.4. The molecule has 0 aliphatic heterocycles. The second-order valence-electron chi connectivity index (χ2n) is 6.15. The van der Waals surface area contributed by atoms with Gasteiger partial charge in [-0.15, -0.1) is 0 Å². The van der Waals surface area contributed by atoms with Gasteiger partial charge in [-0.3, -0.25) is 4.79 Å². The Morgan fingerprint density at radius 1 is 1.07 bits per heavy atom. The van der Waals surface area contributed by atoms with Gasteiger partial charge in [-0.05, 0) is 48.7 Å². The largest absolute Gasteiger partial charge is 0.497 e. The molecule has 1 heterocycles. The molecule has 0 aliphatic carbocycles. The molecule has 2 N–H and O–H groups in total. The molecule has 1 amide bonds. The summed E-state index contributed by atoms with van der Waals surface area (Å²) in [5.74, 6) is 1.10. The monoisotopic (exact) mass is 362 g/mol. The zero-order chi connectivity index (χ0) is 19.1. The van der Waals surface area contributed by atoms with Crippen molar-refractivity contribution in [3.05, 3.63) is 77.6 Å². The molecule has 138 valence electrons. The van der Waals surface area contributed by atoms with Crippen molar-refractivity contribution >= 4 is 17.5 Å². The van der Waals surface area contributed by atoms with Gasteiger partial charge < -0.3 is 15.4 Å². The Bertz CT molecular complexity index is 910. The summed E-state index contributed by atoms with van der Waals surface area (Å²) in [6.45, 7) is 2.66. The molecule has 1 aromatic heterocycles. The standard InChI is InChI=1S/C21H22N4O2/c1-15-5-3-7-18(11-15)25-20(26)17-13-23-21(24-14-17)22-10-9-16-6-4-8-19(12-16)27-2/h3-8,11-14H,9-10H2,1-2H3,(H,25,26)(H,22,23,24). The lowest BCUT2D eigenvalue weighted by Gasteiger charge is -2.08. The van der Waals surface area contributed by atoms with E-state index in [9.17, 15) is 4.79 Å². The number of carbonyl (C=O) groups is 1. The summed E-state index contributed by atoms with van der Waals surface area (Å²) in [5, 5.41) is 6.00. The maximum Gasteiger partial charge on any atom is 0.258 e. The van der Waals surface area contributed by atoms with Crippen LogP contribution < -0.4 is 15.4 Å². The van der Waals surface area contributed by atoms with Crippen LogP contribution in [0.2, 0.25) is 0 Å². The quantitative estimate of drug-likeness (QED) is 0.670. The van der Waals surface area contributed by atoms with E-state index in [0.29, 0.717) is 18.1 Å². The van der Waals surface area contributed by atoms with Gasteiger partial charge in [0, 0.05) is 24.6 Å². The van der Waals surface area contributed by atoms with Gasteiger partial charge in [-0.2, -0.15) is 0 Å². The smallest absolute Gasteiger partial charge is 0.258 e. The van der Waals surface area contributed by atoms with Crippen LogP contribution in [0.25, 0.3) is 0 Å². The molecule has 0 radical (unpaired) electrons. The first-order chi connectivity index (χ1) is 13.1. The van der Waals surface area contributed by atoms with Crippen LogP contribution in [0.5, 0.6) is 5.75 Å². The topological polar surface area (TPSA) is 76.1 Å². The number of aromatic nitrogens is 2. The van der Waals surface area contributed by atoms with Crippen molar-refractivity contribution < 1.29 is 9.53 Å². The average molecular weight is 362 g/mol. The highest BCUT2D eigenvalue weighted by atomic mass is 16.5. The Morgan fingerprint density at radius 2 is 1.85 bits per heavy atom. The number of anilines is 2. The van der Waals surface area contributed by atoms with Crippen molar-refractivity contribution in [1.29, 1.82) is 0 Å². The third kappa shape index (κ3) is 5.28. The van der Waals surface area contributed by atoms with Crippen molar-refractivity contribution in [3.63, 3.8) is 0 Å². The van der Waals surface area contributed by atoms with Crippen LogP contribution in [0.1, 0.15) is 21.5 Å². The first-order valence-corrected chi connectivity index (χ1v) is 8.71. The van der Waals surface area contributed by atoms with Crippen molar-refractivity contribution in [2.24, 2.45) is 0 Å². The molecule has 0 saturated heterocycles. The van der Waals surface area contributed by atoms with E-state index in [1.54, 1.807) is 7.11 Å². The number of hydrogen-bond donors (Lipinski definition) is 2. The van der Waals surface area contributed by atoms with E-state index in [4.69, 9.17) is 4.74 Å². The molecule has 27 heavy (non-hydrogen) atoms. The number of nitrogens with one attached hydrogen (secondary N) is 2. The summed E-state index contributed by atoms with van der Waals surface area (Å²) < 4.78 is 5.22. The average Bonchev–Trinajstić information content (AvgIpc) is 2.69. The van der Waals surface area contributed by atoms with Gasteiger partial charge in [0.2, 0.25) is 5.95 Å². The molecule has 6 heteroatoms. The Morgan fingerprint density at radius 3 is 2.59 bits per heavy atom. The lowest BCUT2D eigenvalue weighted by atomic mass is 10.1. The lowest BCUT2D eigenvalue weighted by molar-refractivity contribution is 0.102. The van der Waals surface area contributed by atoms with Crippen LogP contribution in [0.3, 0.4) is 0 Å². The number of methoxy groups -OCH3 is 1. The Labute approximate surface area is 158 Å². The number of benzene rings is 2. The molecule has 0 spiro atoms. The molecule has 0 unspecified atom stereocenters. The van der Waals surface area contributed by atoms with Gasteiger partial charge in [0.05, 0.1) is 12.7 Å². The first-order valence-electron chi connectivity index (χ1n) is 8.71. The Balaban J connectivity index is 1.53. The second-order valence-corrected chi connectivity index (χ2v) is 6.15. The van der Waals surface area contributed by atoms with Crippen molar-refractivity contribution in [2.75, 3.05) is 24.3 Å². The number of nitrogens with zero attached hydrogens (tertiary/aromatic N) is 2. The number of amides is 1. The normalized spacial score (nSPS) is 10.3. The van der Waals surface area contributed by atoms with Gasteiger partial charge in [-0.25, -0.2) is 9.97 Å². The number of hydrogen-bond acceptors (Lipinski definition) is 5. The number of aryl methyl sites for hydroxylation is 1. The van der Waals surface area contributed by atoms with Gasteiger partial charge in [0.15, 0.2) is 0 Å². The molecule has 0 atom stereocenters. The highest BCUT2D eigenvalue weighted by molar-refractivity contribution is 6.03. The third-order valence-corrected chi connectivity index (χ3v) is 4.02. The minimum Gasteiger partial charge on any atom is -0.497 e. The summed E-state index contributed by atoms with van der Waals surface area (Å²) in [6.07, 6.45) is 3.86. The molecule has 0 aliphatic rings. The van der Waals surface area contributed by atoms with E-state index < -0.39 is 0 Å². The molecule has 3 aromatic rings. The fourth-order valence-corrected chi connectivity index (χ4v) is 2.61. The first kappa shape index (κ1) is 18.4. The highest BCUT2D eigenvalue weighted by Crippen LogP contribution is 2.13. The van der Waals surface area contributed by atoms with Crippen molar-refractivity contribution in [1.82, 2.24) is 9.97 Å². The maximum atomic E-state index is 12.3. The molecule has 6 nitrogen and oxygen atoms in total. The van der Waals surface area contributed by atoms with Crippen LogP contribution in [0.15, 0.2) is 60.9 Å². The maximum absolute atomic E-state index is 12.3. The van der Waals surface area contributed by atoms with E-state index in [0.717, 1.165) is 29.0 Å². The van der Waals surface area contributed by atoms with Gasteiger partial charge in [-0.1, -0.05) is 24.3 Å². The molecular weight excluding hydrogens is 340 g/mol. The number of carbonyl (C=O) groups excluding carboxylic acids is 1. The summed E-state index contributed by atoms with van der Waals surface area (Å²) >= 11 is 0. The van der Waals surface area contributed by atoms with Gasteiger partial charge >= 0.3 is 0 Å². The lowest BCUT2D eigenvalue weighted by Crippen LogP contribution is -2.14. The predicted molar refractivity (Wildman–Crippen MR) is 106 cm³/mol. The minimum atomic E-state index is -0.233. The zero-order valence-corrected chi connectivity index (χ0v) is 15.4. The van der Waals surface area contributed by atoms with E-state index in [2.05, 4.69) is 20.6 Å². The Hall–Kier alpha value is -3.41. The fraction of sp³-hybridized carbons (Fsp3) is 0.190. The van der Waals surface area contributed by atoms with Crippen molar-refractivity contribution in [3.8, 4) is 5.75 Å². The van der Waals surface area contributed by atoms with E-state index >= 15 is 0 Å². The molecule has 0 fully saturated rings. The SMILES string of the molecule is COc1cccc(CCNc2ncc(C(=O)Nc3cccc(C)c3)cn2)c1. The molecule has 2 aromatic carbocycles. The summed E-state index contributed by atoms with van der Waals surface area (Å²) in [7, 11) is 1.65. The third-order valence-electron chi connectivity index (χ3n) is 4.02. The van der Waals surface area contributed by atoms with Crippen LogP contribution in [-0.4, -0.2) is 29.5 Å². The second kappa shape index (κ2) is 8.80. The van der Waals surface area contributed by atoms with Gasteiger partial charge in [0.25, 0.3) is 5.91 Å². The Kier molecular flexibility index (Phi) is 5.99. The van der Waals surface area contributed by atoms with E-state index in [-0.39, 0.29) is 5.91 Å². The summed E-state index contributed by atoms with van der Waals surface area (Å²) in [6, 6.07) is 15.6. The molecule has 3 rings (SSSR count). The molecular formula is C21H22N4O2. The van der Waals surface area contributed by atoms with Gasteiger partial charge in [0.1, 0.15) is 5.75 Å². The van der Waals surface area contributed by atoms with Crippen molar-refractivity contribution in [2.45, 2.75) is 13.3 Å². The molecule has 0 bridgehead atoms.